The van der Waals surface area contributed by atoms with Gasteiger partial charge in [-0.05, 0) is 81.0 Å². The maximum absolute atomic E-state index is 5.61. The maximum Gasteiger partial charge on any atom is 0.317 e. The fourth-order valence-electron chi connectivity index (χ4n) is 6.82. The zero-order valence-corrected chi connectivity index (χ0v) is 18.4. The highest BCUT2D eigenvalue weighted by Gasteiger charge is 2.50. The molecule has 2 aromatic rings. The van der Waals surface area contributed by atoms with Gasteiger partial charge in [0.15, 0.2) is 0 Å². The van der Waals surface area contributed by atoms with E-state index in [1.807, 2.05) is 0 Å². The molecule has 1 spiro atoms. The normalized spacial score (nSPS) is 27.6. The van der Waals surface area contributed by atoms with Crippen molar-refractivity contribution in [3.05, 3.63) is 41.8 Å². The first-order valence-electron chi connectivity index (χ1n) is 12.2. The summed E-state index contributed by atoms with van der Waals surface area (Å²) in [6, 6.07) is 10.7. The molecule has 0 radical (unpaired) electrons. The second kappa shape index (κ2) is 8.21. The third-order valence-electron chi connectivity index (χ3n) is 8.49. The summed E-state index contributed by atoms with van der Waals surface area (Å²) in [6.45, 7) is 6.51. The first kappa shape index (κ1) is 19.7. The molecule has 6 nitrogen and oxygen atoms in total. The van der Waals surface area contributed by atoms with E-state index in [0.717, 1.165) is 38.3 Å². The first-order valence-corrected chi connectivity index (χ1v) is 12.2. The number of aromatic nitrogens is 2. The monoisotopic (exact) mass is 422 g/mol. The highest BCUT2D eigenvalue weighted by molar-refractivity contribution is 5.35. The summed E-state index contributed by atoms with van der Waals surface area (Å²) in [4.78, 5) is 5.05. The Kier molecular flexibility index (Phi) is 5.23. The molecule has 0 bridgehead atoms. The van der Waals surface area contributed by atoms with Gasteiger partial charge in [0.25, 0.3) is 0 Å². The van der Waals surface area contributed by atoms with Crippen molar-refractivity contribution >= 4 is 6.01 Å². The van der Waals surface area contributed by atoms with Gasteiger partial charge in [0.2, 0.25) is 6.39 Å². The Balaban J connectivity index is 1.05. The number of ether oxygens (including phenoxy) is 1. The van der Waals surface area contributed by atoms with Crippen LogP contribution in [-0.4, -0.2) is 60.5 Å². The average molecular weight is 423 g/mol. The molecule has 1 atom stereocenters. The molecule has 1 saturated carbocycles. The molecule has 1 unspecified atom stereocenters. The molecule has 3 saturated heterocycles. The van der Waals surface area contributed by atoms with Gasteiger partial charge in [0.05, 0.1) is 0 Å². The van der Waals surface area contributed by atoms with Crippen molar-refractivity contribution in [3.63, 3.8) is 0 Å². The summed E-state index contributed by atoms with van der Waals surface area (Å²) in [6.07, 6.45) is 10.4. The number of benzene rings is 1. The molecule has 6 heteroatoms. The summed E-state index contributed by atoms with van der Waals surface area (Å²) in [7, 11) is 0. The molecule has 4 aliphatic rings. The molecule has 1 aliphatic carbocycles. The molecule has 4 fully saturated rings. The SMILES string of the molecule is c1ccc(C2CCN(C3CCC4(C3)CN(c3nnco3)C4)CC2)c(C2CCOCC2)c1. The topological polar surface area (TPSA) is 54.6 Å². The molecule has 1 aromatic carbocycles. The predicted molar refractivity (Wildman–Crippen MR) is 119 cm³/mol. The average Bonchev–Trinajstić information content (AvgIpc) is 3.49. The van der Waals surface area contributed by atoms with Crippen LogP contribution in [0.4, 0.5) is 6.01 Å². The number of rotatable bonds is 4. The van der Waals surface area contributed by atoms with Gasteiger partial charge < -0.3 is 19.0 Å². The van der Waals surface area contributed by atoms with Gasteiger partial charge >= 0.3 is 6.01 Å². The summed E-state index contributed by atoms with van der Waals surface area (Å²) in [5.74, 6) is 1.42. The van der Waals surface area contributed by atoms with Crippen LogP contribution in [0.15, 0.2) is 35.1 Å². The van der Waals surface area contributed by atoms with Gasteiger partial charge in [-0.15, -0.1) is 5.10 Å². The standard InChI is InChI=1S/C25H34N4O2/c1-2-4-23(20-8-13-30-14-9-20)22(3-1)19-6-11-28(12-7-19)21-5-10-25(15-21)16-29(17-25)24-27-26-18-31-24/h1-4,18-21H,5-17H2. The lowest BCUT2D eigenvalue weighted by molar-refractivity contribution is 0.0848. The number of hydrogen-bond acceptors (Lipinski definition) is 6. The van der Waals surface area contributed by atoms with E-state index in [2.05, 4.69) is 44.3 Å². The van der Waals surface area contributed by atoms with E-state index in [0.29, 0.717) is 17.3 Å². The molecular formula is C25H34N4O2. The van der Waals surface area contributed by atoms with Crippen molar-refractivity contribution < 1.29 is 9.15 Å². The number of nitrogens with zero attached hydrogens (tertiary/aromatic N) is 4. The van der Waals surface area contributed by atoms with Crippen molar-refractivity contribution in [1.29, 1.82) is 0 Å². The van der Waals surface area contributed by atoms with Crippen molar-refractivity contribution in [2.24, 2.45) is 5.41 Å². The van der Waals surface area contributed by atoms with E-state index < -0.39 is 0 Å². The fraction of sp³-hybridized carbons (Fsp3) is 0.680. The second-order valence-corrected chi connectivity index (χ2v) is 10.3. The van der Waals surface area contributed by atoms with Gasteiger partial charge in [0.1, 0.15) is 0 Å². The molecule has 166 valence electrons. The Morgan fingerprint density at radius 2 is 1.61 bits per heavy atom. The zero-order chi connectivity index (χ0) is 20.7. The van der Waals surface area contributed by atoms with Crippen LogP contribution in [-0.2, 0) is 4.74 Å². The van der Waals surface area contributed by atoms with E-state index in [-0.39, 0.29) is 0 Å². The minimum atomic E-state index is 0.478. The van der Waals surface area contributed by atoms with E-state index in [4.69, 9.17) is 9.15 Å². The Hall–Kier alpha value is -1.92. The number of anilines is 1. The fourth-order valence-corrected chi connectivity index (χ4v) is 6.82. The van der Waals surface area contributed by atoms with Crippen LogP contribution in [0.25, 0.3) is 0 Å². The lowest BCUT2D eigenvalue weighted by Crippen LogP contribution is -2.56. The van der Waals surface area contributed by atoms with Crippen LogP contribution in [0.2, 0.25) is 0 Å². The largest absolute Gasteiger partial charge is 0.411 e. The number of piperidine rings is 1. The minimum absolute atomic E-state index is 0.478. The van der Waals surface area contributed by atoms with Crippen molar-refractivity contribution in [2.45, 2.75) is 62.8 Å². The third-order valence-corrected chi connectivity index (χ3v) is 8.49. The number of likely N-dealkylation sites (tertiary alicyclic amines) is 1. The van der Waals surface area contributed by atoms with Gasteiger partial charge in [-0.3, -0.25) is 0 Å². The smallest absolute Gasteiger partial charge is 0.317 e. The van der Waals surface area contributed by atoms with Crippen molar-refractivity contribution in [3.8, 4) is 0 Å². The first-order chi connectivity index (χ1) is 15.3. The molecular weight excluding hydrogens is 388 g/mol. The lowest BCUT2D eigenvalue weighted by atomic mass is 9.78. The van der Waals surface area contributed by atoms with Gasteiger partial charge in [0, 0.05) is 37.8 Å². The molecule has 0 amide bonds. The second-order valence-electron chi connectivity index (χ2n) is 10.3. The minimum Gasteiger partial charge on any atom is -0.411 e. The lowest BCUT2D eigenvalue weighted by Gasteiger charge is -2.48. The van der Waals surface area contributed by atoms with Crippen LogP contribution < -0.4 is 4.90 Å². The van der Waals surface area contributed by atoms with E-state index >= 15 is 0 Å². The maximum atomic E-state index is 5.61. The van der Waals surface area contributed by atoms with Crippen LogP contribution in [0.3, 0.4) is 0 Å². The quantitative estimate of drug-likeness (QED) is 0.736. The van der Waals surface area contributed by atoms with E-state index in [1.165, 1.54) is 64.4 Å². The van der Waals surface area contributed by atoms with Crippen LogP contribution in [0.5, 0.6) is 0 Å². The van der Waals surface area contributed by atoms with Gasteiger partial charge in [-0.2, -0.15) is 0 Å². The molecule has 0 N–H and O–H groups in total. The Labute approximate surface area is 185 Å². The van der Waals surface area contributed by atoms with Gasteiger partial charge in [-0.25, -0.2) is 0 Å². The number of hydrogen-bond donors (Lipinski definition) is 0. The highest BCUT2D eigenvalue weighted by atomic mass is 16.5. The Bertz CT molecular complexity index is 865. The molecule has 3 aliphatic heterocycles. The van der Waals surface area contributed by atoms with Crippen LogP contribution in [0.1, 0.15) is 67.9 Å². The van der Waals surface area contributed by atoms with Gasteiger partial charge in [-0.1, -0.05) is 29.4 Å². The summed E-state index contributed by atoms with van der Waals surface area (Å²) >= 11 is 0. The van der Waals surface area contributed by atoms with Crippen LogP contribution in [0, 0.1) is 5.41 Å². The summed E-state index contributed by atoms with van der Waals surface area (Å²) in [5, 5.41) is 7.90. The predicted octanol–water partition coefficient (Wildman–Crippen LogP) is 4.20. The molecule has 6 rings (SSSR count). The third kappa shape index (κ3) is 3.78. The molecule has 1 aromatic heterocycles. The highest BCUT2D eigenvalue weighted by Crippen LogP contribution is 2.49. The van der Waals surface area contributed by atoms with Crippen molar-refractivity contribution in [2.75, 3.05) is 44.3 Å². The Morgan fingerprint density at radius 3 is 2.29 bits per heavy atom. The van der Waals surface area contributed by atoms with E-state index in [1.54, 1.807) is 11.1 Å². The molecule has 31 heavy (non-hydrogen) atoms. The van der Waals surface area contributed by atoms with E-state index in [9.17, 15) is 0 Å². The summed E-state index contributed by atoms with van der Waals surface area (Å²) < 4.78 is 11.0. The zero-order valence-electron chi connectivity index (χ0n) is 18.4. The Morgan fingerprint density at radius 1 is 0.903 bits per heavy atom. The van der Waals surface area contributed by atoms with Crippen LogP contribution >= 0.6 is 0 Å². The summed E-state index contributed by atoms with van der Waals surface area (Å²) in [5.41, 5.74) is 3.72. The molecule has 4 heterocycles. The van der Waals surface area contributed by atoms with Crippen molar-refractivity contribution in [1.82, 2.24) is 15.1 Å².